The van der Waals surface area contributed by atoms with Crippen molar-refractivity contribution in [2.45, 2.75) is 43.7 Å². The lowest BCUT2D eigenvalue weighted by atomic mass is 10.1. The van der Waals surface area contributed by atoms with Crippen molar-refractivity contribution in [2.24, 2.45) is 5.92 Å². The number of amides is 1. The van der Waals surface area contributed by atoms with Crippen LogP contribution in [0, 0.1) is 11.7 Å². The number of halogens is 1. The Kier molecular flexibility index (Phi) is 6.60. The second-order valence-electron chi connectivity index (χ2n) is 7.89. The standard InChI is InChI=1S/C24H24FNO5S/c25-20-10-12-23(13-11-20)32(28,29)31-21-8-3-5-18(15-21)16-26(17-22-9-4-14-30-22)24(27)19-6-1-2-7-19/h3-5,8-15,19H,1-2,6-7,16-17H2. The smallest absolute Gasteiger partial charge is 0.339 e. The van der Waals surface area contributed by atoms with Crippen LogP contribution < -0.4 is 4.18 Å². The van der Waals surface area contributed by atoms with E-state index in [4.69, 9.17) is 8.60 Å². The first-order valence-corrected chi connectivity index (χ1v) is 11.9. The molecule has 168 valence electrons. The van der Waals surface area contributed by atoms with E-state index in [-0.39, 0.29) is 22.5 Å². The minimum absolute atomic E-state index is 0.00301. The van der Waals surface area contributed by atoms with Crippen molar-refractivity contribution in [3.05, 3.63) is 84.1 Å². The normalized spacial score (nSPS) is 14.4. The van der Waals surface area contributed by atoms with Crippen molar-refractivity contribution in [3.8, 4) is 5.75 Å². The van der Waals surface area contributed by atoms with Gasteiger partial charge < -0.3 is 13.5 Å². The fraction of sp³-hybridized carbons (Fsp3) is 0.292. The Balaban J connectivity index is 1.52. The molecule has 1 aromatic heterocycles. The van der Waals surface area contributed by atoms with E-state index in [0.29, 0.717) is 18.8 Å². The average Bonchev–Trinajstić information content (AvgIpc) is 3.47. The molecule has 3 aromatic rings. The SMILES string of the molecule is O=C(C1CCCC1)N(Cc1cccc(OS(=O)(=O)c2ccc(F)cc2)c1)Cc1ccco1. The lowest BCUT2D eigenvalue weighted by Gasteiger charge is -2.25. The highest BCUT2D eigenvalue weighted by Crippen LogP contribution is 2.28. The number of hydrogen-bond donors (Lipinski definition) is 0. The van der Waals surface area contributed by atoms with Crippen LogP contribution in [0.15, 0.2) is 76.2 Å². The Hall–Kier alpha value is -3.13. The molecule has 2 aromatic carbocycles. The van der Waals surface area contributed by atoms with Crippen molar-refractivity contribution in [3.63, 3.8) is 0 Å². The van der Waals surface area contributed by atoms with Crippen molar-refractivity contribution < 1.29 is 26.2 Å². The fourth-order valence-corrected chi connectivity index (χ4v) is 4.85. The predicted octanol–water partition coefficient (Wildman–Crippen LogP) is 4.91. The van der Waals surface area contributed by atoms with Crippen molar-refractivity contribution >= 4 is 16.0 Å². The quantitative estimate of drug-likeness (QED) is 0.450. The van der Waals surface area contributed by atoms with Gasteiger partial charge in [0.2, 0.25) is 5.91 Å². The van der Waals surface area contributed by atoms with Crippen LogP contribution in [0.4, 0.5) is 4.39 Å². The summed E-state index contributed by atoms with van der Waals surface area (Å²) in [6.45, 7) is 0.630. The van der Waals surface area contributed by atoms with E-state index in [1.807, 2.05) is 12.1 Å². The highest BCUT2D eigenvalue weighted by Gasteiger charge is 2.28. The molecule has 0 bridgehead atoms. The minimum atomic E-state index is -4.11. The molecule has 1 heterocycles. The van der Waals surface area contributed by atoms with Crippen LogP contribution in [0.25, 0.3) is 0 Å². The summed E-state index contributed by atoms with van der Waals surface area (Å²) >= 11 is 0. The van der Waals surface area contributed by atoms with Crippen LogP contribution in [0.1, 0.15) is 37.0 Å². The minimum Gasteiger partial charge on any atom is -0.467 e. The topological polar surface area (TPSA) is 76.8 Å². The number of furan rings is 1. The highest BCUT2D eigenvalue weighted by molar-refractivity contribution is 7.87. The third-order valence-corrected chi connectivity index (χ3v) is 6.78. The first-order valence-electron chi connectivity index (χ1n) is 10.5. The number of rotatable bonds is 8. The van der Waals surface area contributed by atoms with Crippen LogP contribution in [0.2, 0.25) is 0 Å². The second kappa shape index (κ2) is 9.56. The maximum atomic E-state index is 13.1. The summed E-state index contributed by atoms with van der Waals surface area (Å²) < 4.78 is 48.8. The maximum absolute atomic E-state index is 13.1. The van der Waals surface area contributed by atoms with Gasteiger partial charge in [0.15, 0.2) is 0 Å². The molecule has 4 rings (SSSR count). The summed E-state index contributed by atoms with van der Waals surface area (Å²) in [6.07, 6.45) is 5.44. The van der Waals surface area contributed by atoms with Crippen molar-refractivity contribution in [1.82, 2.24) is 4.90 Å². The lowest BCUT2D eigenvalue weighted by molar-refractivity contribution is -0.136. The van der Waals surface area contributed by atoms with E-state index in [9.17, 15) is 17.6 Å². The summed E-state index contributed by atoms with van der Waals surface area (Å²) in [5, 5.41) is 0. The van der Waals surface area contributed by atoms with Crippen LogP contribution in [-0.4, -0.2) is 19.2 Å². The molecular formula is C24H24FNO5S. The molecule has 32 heavy (non-hydrogen) atoms. The number of benzene rings is 2. The van der Waals surface area contributed by atoms with Gasteiger partial charge in [-0.1, -0.05) is 25.0 Å². The van der Waals surface area contributed by atoms with Crippen LogP contribution >= 0.6 is 0 Å². The molecular weight excluding hydrogens is 433 g/mol. The van der Waals surface area contributed by atoms with Crippen LogP contribution in [0.5, 0.6) is 5.75 Å². The zero-order valence-electron chi connectivity index (χ0n) is 17.4. The summed E-state index contributed by atoms with van der Waals surface area (Å²) in [7, 11) is -4.11. The molecule has 1 saturated carbocycles. The lowest BCUT2D eigenvalue weighted by Crippen LogP contribution is -2.34. The molecule has 0 atom stereocenters. The van der Waals surface area contributed by atoms with E-state index in [0.717, 1.165) is 55.5 Å². The fourth-order valence-electron chi connectivity index (χ4n) is 3.93. The van der Waals surface area contributed by atoms with Gasteiger partial charge in [-0.05, 0) is 66.9 Å². The predicted molar refractivity (Wildman–Crippen MR) is 116 cm³/mol. The molecule has 1 amide bonds. The largest absolute Gasteiger partial charge is 0.467 e. The molecule has 1 fully saturated rings. The summed E-state index contributed by atoms with van der Waals surface area (Å²) in [5.74, 6) is 0.350. The van der Waals surface area contributed by atoms with Crippen LogP contribution in [-0.2, 0) is 28.0 Å². The Labute approximate surface area is 186 Å². The van der Waals surface area contributed by atoms with Crippen LogP contribution in [0.3, 0.4) is 0 Å². The molecule has 0 radical (unpaired) electrons. The Morgan fingerprint density at radius 1 is 1.03 bits per heavy atom. The van der Waals surface area contributed by atoms with Gasteiger partial charge in [-0.2, -0.15) is 8.42 Å². The summed E-state index contributed by atoms with van der Waals surface area (Å²) in [4.78, 5) is 14.7. The third-order valence-electron chi connectivity index (χ3n) is 5.52. The highest BCUT2D eigenvalue weighted by atomic mass is 32.2. The molecule has 0 aliphatic heterocycles. The van der Waals surface area contributed by atoms with Crippen molar-refractivity contribution in [2.75, 3.05) is 0 Å². The monoisotopic (exact) mass is 457 g/mol. The van der Waals surface area contributed by atoms with E-state index < -0.39 is 15.9 Å². The summed E-state index contributed by atoms with van der Waals surface area (Å²) in [6, 6.07) is 14.6. The van der Waals surface area contributed by atoms with Gasteiger partial charge in [-0.3, -0.25) is 4.79 Å². The van der Waals surface area contributed by atoms with E-state index in [2.05, 4.69) is 0 Å². The Morgan fingerprint density at radius 2 is 1.78 bits per heavy atom. The third kappa shape index (κ3) is 5.37. The van der Waals surface area contributed by atoms with Gasteiger partial charge in [0, 0.05) is 12.5 Å². The number of hydrogen-bond acceptors (Lipinski definition) is 5. The molecule has 0 unspecified atom stereocenters. The van der Waals surface area contributed by atoms with Gasteiger partial charge in [0.25, 0.3) is 0 Å². The van der Waals surface area contributed by atoms with Gasteiger partial charge in [-0.25, -0.2) is 4.39 Å². The van der Waals surface area contributed by atoms with E-state index in [1.54, 1.807) is 29.4 Å². The van der Waals surface area contributed by atoms with Gasteiger partial charge in [0.05, 0.1) is 12.8 Å². The summed E-state index contributed by atoms with van der Waals surface area (Å²) in [5.41, 5.74) is 0.731. The van der Waals surface area contributed by atoms with Gasteiger partial charge >= 0.3 is 10.1 Å². The Bertz CT molecular complexity index is 1150. The van der Waals surface area contributed by atoms with Gasteiger partial charge in [-0.15, -0.1) is 0 Å². The van der Waals surface area contributed by atoms with Gasteiger partial charge in [0.1, 0.15) is 22.2 Å². The molecule has 6 nitrogen and oxygen atoms in total. The Morgan fingerprint density at radius 3 is 2.47 bits per heavy atom. The average molecular weight is 458 g/mol. The number of carbonyl (C=O) groups is 1. The van der Waals surface area contributed by atoms with Crippen molar-refractivity contribution in [1.29, 1.82) is 0 Å². The first-order chi connectivity index (χ1) is 15.4. The zero-order chi connectivity index (χ0) is 22.6. The van der Waals surface area contributed by atoms with E-state index in [1.165, 1.54) is 6.07 Å². The molecule has 0 N–H and O–H groups in total. The zero-order valence-corrected chi connectivity index (χ0v) is 18.3. The number of carbonyl (C=O) groups excluding carboxylic acids is 1. The molecule has 1 aliphatic rings. The number of nitrogens with zero attached hydrogens (tertiary/aromatic N) is 1. The molecule has 8 heteroatoms. The molecule has 0 spiro atoms. The molecule has 1 aliphatic carbocycles. The first kappa shape index (κ1) is 22.1. The molecule has 0 saturated heterocycles. The second-order valence-corrected chi connectivity index (χ2v) is 9.44. The van der Waals surface area contributed by atoms with E-state index >= 15 is 0 Å². The maximum Gasteiger partial charge on any atom is 0.339 e.